The summed E-state index contributed by atoms with van der Waals surface area (Å²) in [6.45, 7) is 0. The zero-order chi connectivity index (χ0) is 10.1. The van der Waals surface area contributed by atoms with Gasteiger partial charge in [0.2, 0.25) is 0 Å². The fraction of sp³-hybridized carbons (Fsp3) is 0.455. The first-order valence-corrected chi connectivity index (χ1v) is 14.7. The molecule has 1 aromatic carbocycles. The van der Waals surface area contributed by atoms with Gasteiger partial charge in [-0.2, -0.15) is 0 Å². The molecule has 13 heavy (non-hydrogen) atoms. The Morgan fingerprint density at radius 2 is 1.38 bits per heavy atom. The molecule has 0 heterocycles. The second-order valence-corrected chi connectivity index (χ2v) is 19.2. The van der Waals surface area contributed by atoms with Crippen molar-refractivity contribution in [2.24, 2.45) is 0 Å². The molecule has 0 fully saturated rings. The van der Waals surface area contributed by atoms with E-state index in [1.807, 2.05) is 0 Å². The molecule has 0 saturated carbocycles. The predicted octanol–water partition coefficient (Wildman–Crippen LogP) is 2.30. The molecule has 0 saturated heterocycles. The zero-order valence-corrected chi connectivity index (χ0v) is 12.1. The second-order valence-electron chi connectivity index (χ2n) is 4.69. The fourth-order valence-corrected chi connectivity index (χ4v) is 4.59. The number of hydrogen-bond acceptors (Lipinski definition) is 1. The van der Waals surface area contributed by atoms with Gasteiger partial charge in [-0.3, -0.25) is 0 Å². The van der Waals surface area contributed by atoms with Crippen LogP contribution in [0, 0.1) is 0 Å². The van der Waals surface area contributed by atoms with Crippen molar-refractivity contribution < 1.29 is 0 Å². The van der Waals surface area contributed by atoms with Gasteiger partial charge in [0.05, 0.1) is 0 Å². The van der Waals surface area contributed by atoms with Crippen molar-refractivity contribution in [3.8, 4) is 0 Å². The van der Waals surface area contributed by atoms with Crippen LogP contribution in [0.4, 0.5) is 5.69 Å². The minimum atomic E-state index is -1.81. The molecule has 0 amide bonds. The number of benzene rings is 1. The Bertz CT molecular complexity index is 269. The summed E-state index contributed by atoms with van der Waals surface area (Å²) < 4.78 is 1.60. The van der Waals surface area contributed by atoms with Gasteiger partial charge in [0.15, 0.2) is 0 Å². The van der Waals surface area contributed by atoms with Crippen molar-refractivity contribution in [2.45, 2.75) is 14.8 Å². The Kier molecular flexibility index (Phi) is 3.27. The van der Waals surface area contributed by atoms with E-state index in [1.54, 1.807) is 3.58 Å². The molecule has 0 spiro atoms. The van der Waals surface area contributed by atoms with E-state index < -0.39 is 18.4 Å². The third kappa shape index (κ3) is 2.90. The van der Waals surface area contributed by atoms with Crippen molar-refractivity contribution in [2.75, 3.05) is 19.0 Å². The SMILES string of the molecule is CN(C)c1cc[c]([Sn]([CH3])([CH3])[CH3])cc1. The Morgan fingerprint density at radius 3 is 1.69 bits per heavy atom. The van der Waals surface area contributed by atoms with Crippen molar-refractivity contribution in [3.63, 3.8) is 0 Å². The van der Waals surface area contributed by atoms with E-state index in [0.29, 0.717) is 0 Å². The van der Waals surface area contributed by atoms with Gasteiger partial charge in [-0.15, -0.1) is 0 Å². The van der Waals surface area contributed by atoms with Gasteiger partial charge in [0, 0.05) is 0 Å². The van der Waals surface area contributed by atoms with Gasteiger partial charge in [-0.05, 0) is 0 Å². The predicted molar refractivity (Wildman–Crippen MR) is 63.7 cm³/mol. The first-order chi connectivity index (χ1) is 5.91. The monoisotopic (exact) mass is 285 g/mol. The van der Waals surface area contributed by atoms with Gasteiger partial charge in [-0.1, -0.05) is 0 Å². The normalized spacial score (nSPS) is 11.5. The maximum atomic E-state index is 2.44. The van der Waals surface area contributed by atoms with E-state index in [2.05, 4.69) is 58.1 Å². The Hall–Kier alpha value is -0.181. The number of hydrogen-bond donors (Lipinski definition) is 0. The Balaban J connectivity index is 2.94. The summed E-state index contributed by atoms with van der Waals surface area (Å²) in [5.41, 5.74) is 1.29. The summed E-state index contributed by atoms with van der Waals surface area (Å²) in [5, 5.41) is 0. The van der Waals surface area contributed by atoms with Gasteiger partial charge in [0.25, 0.3) is 0 Å². The molecule has 0 aliphatic heterocycles. The summed E-state index contributed by atoms with van der Waals surface area (Å²) in [7, 11) is 4.16. The quantitative estimate of drug-likeness (QED) is 0.753. The average molecular weight is 284 g/mol. The second kappa shape index (κ2) is 3.91. The Labute approximate surface area is 85.6 Å². The first kappa shape index (κ1) is 10.9. The van der Waals surface area contributed by atoms with Gasteiger partial charge in [0.1, 0.15) is 0 Å². The van der Waals surface area contributed by atoms with E-state index in [1.165, 1.54) is 5.69 Å². The van der Waals surface area contributed by atoms with Crippen LogP contribution in [-0.2, 0) is 0 Å². The van der Waals surface area contributed by atoms with Crippen LogP contribution < -0.4 is 8.48 Å². The molecule has 0 aromatic heterocycles. The third-order valence-corrected chi connectivity index (χ3v) is 8.14. The maximum absolute atomic E-state index is 2.44. The first-order valence-electron chi connectivity index (χ1n) is 4.69. The van der Waals surface area contributed by atoms with Crippen LogP contribution >= 0.6 is 0 Å². The summed E-state index contributed by atoms with van der Waals surface area (Å²) in [6.07, 6.45) is 0. The summed E-state index contributed by atoms with van der Waals surface area (Å²) >= 11 is -1.81. The van der Waals surface area contributed by atoms with Crippen LogP contribution in [-0.4, -0.2) is 32.5 Å². The van der Waals surface area contributed by atoms with Crippen LogP contribution in [0.15, 0.2) is 24.3 Å². The molecule has 0 radical (unpaired) electrons. The standard InChI is InChI=1S/C8H10N.3CH3.Sn/c1-9(2)8-6-4-3-5-7-8;;;;/h4-7H,1-2H3;3*1H3;. The summed E-state index contributed by atoms with van der Waals surface area (Å²) in [4.78, 5) is 9.47. The molecule has 0 aliphatic rings. The molecule has 0 N–H and O–H groups in total. The number of anilines is 1. The van der Waals surface area contributed by atoms with Crippen molar-refractivity contribution in [3.05, 3.63) is 24.3 Å². The van der Waals surface area contributed by atoms with E-state index in [4.69, 9.17) is 0 Å². The molecule has 72 valence electrons. The molecule has 0 aliphatic carbocycles. The van der Waals surface area contributed by atoms with Crippen LogP contribution in [0.3, 0.4) is 0 Å². The van der Waals surface area contributed by atoms with E-state index in [-0.39, 0.29) is 0 Å². The molecular formula is C11H19NSn. The van der Waals surface area contributed by atoms with Crippen LogP contribution in [0.2, 0.25) is 14.8 Å². The molecule has 2 heteroatoms. The van der Waals surface area contributed by atoms with E-state index >= 15 is 0 Å². The zero-order valence-electron chi connectivity index (χ0n) is 9.26. The molecule has 1 aromatic rings. The molecule has 1 nitrogen and oxygen atoms in total. The number of nitrogens with zero attached hydrogens (tertiary/aromatic N) is 1. The Morgan fingerprint density at radius 1 is 0.923 bits per heavy atom. The molecule has 1 rings (SSSR count). The van der Waals surface area contributed by atoms with Crippen LogP contribution in [0.1, 0.15) is 0 Å². The van der Waals surface area contributed by atoms with Crippen LogP contribution in [0.5, 0.6) is 0 Å². The van der Waals surface area contributed by atoms with Crippen LogP contribution in [0.25, 0.3) is 0 Å². The van der Waals surface area contributed by atoms with Crippen molar-refractivity contribution in [1.82, 2.24) is 0 Å². The number of rotatable bonds is 2. The minimum absolute atomic E-state index is 1.29. The van der Waals surface area contributed by atoms with E-state index in [0.717, 1.165) is 0 Å². The third-order valence-electron chi connectivity index (χ3n) is 2.25. The fourth-order valence-electron chi connectivity index (χ4n) is 1.26. The van der Waals surface area contributed by atoms with E-state index in [9.17, 15) is 0 Å². The summed E-state index contributed by atoms with van der Waals surface area (Å²) in [6, 6.07) is 9.03. The molecular weight excluding hydrogens is 265 g/mol. The average Bonchev–Trinajstić information content (AvgIpc) is 2.03. The summed E-state index contributed by atoms with van der Waals surface area (Å²) in [5.74, 6) is 0. The van der Waals surface area contributed by atoms with Gasteiger partial charge >= 0.3 is 85.7 Å². The van der Waals surface area contributed by atoms with Crippen molar-refractivity contribution >= 4 is 27.6 Å². The molecule has 0 bridgehead atoms. The topological polar surface area (TPSA) is 3.24 Å². The molecule has 0 atom stereocenters. The van der Waals surface area contributed by atoms with Crippen molar-refractivity contribution in [1.29, 1.82) is 0 Å². The molecule has 0 unspecified atom stereocenters. The van der Waals surface area contributed by atoms with Gasteiger partial charge in [-0.25, -0.2) is 0 Å². The van der Waals surface area contributed by atoms with Gasteiger partial charge < -0.3 is 0 Å².